The van der Waals surface area contributed by atoms with Gasteiger partial charge in [0.25, 0.3) is 0 Å². The number of fused-ring (bicyclic) bond motifs is 1. The van der Waals surface area contributed by atoms with Crippen LogP contribution in [0.1, 0.15) is 18.1 Å². The molecule has 0 aliphatic rings. The Bertz CT molecular complexity index is 834. The van der Waals surface area contributed by atoms with Gasteiger partial charge >= 0.3 is 5.97 Å². The van der Waals surface area contributed by atoms with Crippen molar-refractivity contribution in [3.05, 3.63) is 58.1 Å². The largest absolute Gasteiger partial charge is 0.481 e. The van der Waals surface area contributed by atoms with Crippen LogP contribution in [-0.2, 0) is 17.6 Å². The molecule has 0 saturated heterocycles. The Labute approximate surface area is 137 Å². The lowest BCUT2D eigenvalue weighted by Crippen LogP contribution is -2.01. The van der Waals surface area contributed by atoms with E-state index in [1.54, 1.807) is 0 Å². The van der Waals surface area contributed by atoms with Crippen molar-refractivity contribution >= 4 is 32.8 Å². The molecular formula is C18H16BrNO2. The molecule has 3 nitrogen and oxygen atoms in total. The number of aliphatic carboxylic acids is 1. The quantitative estimate of drug-likeness (QED) is 0.705. The molecule has 1 heterocycles. The van der Waals surface area contributed by atoms with Gasteiger partial charge in [-0.05, 0) is 41.3 Å². The molecule has 0 aliphatic heterocycles. The monoisotopic (exact) mass is 357 g/mol. The van der Waals surface area contributed by atoms with Gasteiger partial charge in [0.1, 0.15) is 0 Å². The van der Waals surface area contributed by atoms with E-state index < -0.39 is 5.97 Å². The van der Waals surface area contributed by atoms with E-state index >= 15 is 0 Å². The molecule has 3 rings (SSSR count). The van der Waals surface area contributed by atoms with Gasteiger partial charge in [-0.3, -0.25) is 4.79 Å². The Morgan fingerprint density at radius 2 is 1.91 bits per heavy atom. The summed E-state index contributed by atoms with van der Waals surface area (Å²) in [6.45, 7) is 2.12. The molecule has 0 unspecified atom stereocenters. The second-order valence-corrected chi connectivity index (χ2v) is 6.21. The van der Waals surface area contributed by atoms with E-state index in [0.29, 0.717) is 0 Å². The first-order valence-electron chi connectivity index (χ1n) is 7.19. The van der Waals surface area contributed by atoms with Gasteiger partial charge in [-0.25, -0.2) is 0 Å². The Morgan fingerprint density at radius 1 is 1.18 bits per heavy atom. The molecule has 112 valence electrons. The van der Waals surface area contributed by atoms with Crippen LogP contribution in [0.4, 0.5) is 0 Å². The second-order valence-electron chi connectivity index (χ2n) is 5.29. The number of benzene rings is 2. The van der Waals surface area contributed by atoms with Crippen molar-refractivity contribution in [2.24, 2.45) is 0 Å². The number of rotatable bonds is 4. The van der Waals surface area contributed by atoms with Crippen molar-refractivity contribution in [1.29, 1.82) is 0 Å². The standard InChI is InChI=1S/C18H16BrNO2/c1-2-11-3-5-12(6-4-11)18-15(10-17(21)22)14-9-13(19)7-8-16(14)20-18/h3-9,20H,2,10H2,1H3,(H,21,22). The molecule has 0 bridgehead atoms. The van der Waals surface area contributed by atoms with E-state index in [1.165, 1.54) is 5.56 Å². The summed E-state index contributed by atoms with van der Waals surface area (Å²) < 4.78 is 0.943. The number of hydrogen-bond donors (Lipinski definition) is 2. The van der Waals surface area contributed by atoms with Gasteiger partial charge in [0.05, 0.1) is 12.1 Å². The number of H-pyrrole nitrogens is 1. The summed E-state index contributed by atoms with van der Waals surface area (Å²) in [6.07, 6.45) is 0.989. The van der Waals surface area contributed by atoms with E-state index in [-0.39, 0.29) is 6.42 Å². The number of nitrogens with one attached hydrogen (secondary N) is 1. The lowest BCUT2D eigenvalue weighted by atomic mass is 10.0. The topological polar surface area (TPSA) is 53.1 Å². The first kappa shape index (κ1) is 14.9. The average molecular weight is 358 g/mol. The molecule has 1 aromatic heterocycles. The van der Waals surface area contributed by atoms with Crippen LogP contribution in [0.5, 0.6) is 0 Å². The highest BCUT2D eigenvalue weighted by Crippen LogP contribution is 2.32. The lowest BCUT2D eigenvalue weighted by Gasteiger charge is -2.04. The molecule has 0 saturated carbocycles. The highest BCUT2D eigenvalue weighted by Gasteiger charge is 2.16. The fourth-order valence-corrected chi connectivity index (χ4v) is 3.07. The first-order valence-corrected chi connectivity index (χ1v) is 7.99. The molecular weight excluding hydrogens is 342 g/mol. The normalized spacial score (nSPS) is 11.0. The predicted octanol–water partition coefficient (Wildman–Crippen LogP) is 4.79. The molecule has 0 radical (unpaired) electrons. The van der Waals surface area contributed by atoms with Crippen LogP contribution in [0.3, 0.4) is 0 Å². The molecule has 2 aromatic carbocycles. The van der Waals surface area contributed by atoms with Gasteiger partial charge in [0.15, 0.2) is 0 Å². The third kappa shape index (κ3) is 2.79. The maximum atomic E-state index is 11.3. The maximum absolute atomic E-state index is 11.3. The Morgan fingerprint density at radius 3 is 2.55 bits per heavy atom. The number of carboxylic acids is 1. The fraction of sp³-hybridized carbons (Fsp3) is 0.167. The second kappa shape index (κ2) is 5.97. The van der Waals surface area contributed by atoms with Crippen molar-refractivity contribution in [3.63, 3.8) is 0 Å². The summed E-state index contributed by atoms with van der Waals surface area (Å²) in [5.74, 6) is -0.827. The maximum Gasteiger partial charge on any atom is 0.307 e. The fourth-order valence-electron chi connectivity index (χ4n) is 2.71. The van der Waals surface area contributed by atoms with Crippen LogP contribution in [-0.4, -0.2) is 16.1 Å². The molecule has 2 N–H and O–H groups in total. The third-order valence-electron chi connectivity index (χ3n) is 3.85. The van der Waals surface area contributed by atoms with E-state index in [2.05, 4.69) is 40.0 Å². The molecule has 22 heavy (non-hydrogen) atoms. The van der Waals surface area contributed by atoms with Gasteiger partial charge in [-0.2, -0.15) is 0 Å². The number of aromatic nitrogens is 1. The highest BCUT2D eigenvalue weighted by atomic mass is 79.9. The van der Waals surface area contributed by atoms with Crippen LogP contribution in [0.15, 0.2) is 46.9 Å². The molecule has 4 heteroatoms. The summed E-state index contributed by atoms with van der Waals surface area (Å²) in [5.41, 5.74) is 4.95. The lowest BCUT2D eigenvalue weighted by molar-refractivity contribution is -0.136. The minimum atomic E-state index is -0.827. The Kier molecular flexibility index (Phi) is 4.03. The van der Waals surface area contributed by atoms with Crippen LogP contribution < -0.4 is 0 Å². The first-order chi connectivity index (χ1) is 10.6. The number of aromatic amines is 1. The summed E-state index contributed by atoms with van der Waals surface area (Å²) in [4.78, 5) is 14.6. The van der Waals surface area contributed by atoms with Crippen molar-refractivity contribution < 1.29 is 9.90 Å². The molecule has 0 fully saturated rings. The highest BCUT2D eigenvalue weighted by molar-refractivity contribution is 9.10. The van der Waals surface area contributed by atoms with Crippen LogP contribution in [0.2, 0.25) is 0 Å². The van der Waals surface area contributed by atoms with Gasteiger partial charge in [-0.1, -0.05) is 47.1 Å². The van der Waals surface area contributed by atoms with Crippen molar-refractivity contribution in [1.82, 2.24) is 4.98 Å². The Balaban J connectivity index is 2.20. The zero-order valence-corrected chi connectivity index (χ0v) is 13.8. The minimum absolute atomic E-state index is 0.00131. The third-order valence-corrected chi connectivity index (χ3v) is 4.34. The van der Waals surface area contributed by atoms with E-state index in [4.69, 9.17) is 0 Å². The van der Waals surface area contributed by atoms with Gasteiger partial charge in [0.2, 0.25) is 0 Å². The zero-order chi connectivity index (χ0) is 15.7. The number of carboxylic acid groups (broad SMARTS) is 1. The van der Waals surface area contributed by atoms with E-state index in [0.717, 1.165) is 38.6 Å². The van der Waals surface area contributed by atoms with Crippen molar-refractivity contribution in [2.45, 2.75) is 19.8 Å². The molecule has 0 aliphatic carbocycles. The van der Waals surface area contributed by atoms with Gasteiger partial charge in [0, 0.05) is 15.4 Å². The Hall–Kier alpha value is -2.07. The summed E-state index contributed by atoms with van der Waals surface area (Å²) in [6, 6.07) is 14.1. The summed E-state index contributed by atoms with van der Waals surface area (Å²) in [5, 5.41) is 10.2. The van der Waals surface area contributed by atoms with Crippen LogP contribution >= 0.6 is 15.9 Å². The molecule has 0 spiro atoms. The van der Waals surface area contributed by atoms with Gasteiger partial charge in [-0.15, -0.1) is 0 Å². The molecule has 3 aromatic rings. The SMILES string of the molecule is CCc1ccc(-c2[nH]c3ccc(Br)cc3c2CC(=O)O)cc1. The van der Waals surface area contributed by atoms with Crippen molar-refractivity contribution in [3.8, 4) is 11.3 Å². The number of halogens is 1. The summed E-state index contributed by atoms with van der Waals surface area (Å²) >= 11 is 3.46. The number of carbonyl (C=O) groups is 1. The van der Waals surface area contributed by atoms with Crippen molar-refractivity contribution in [2.75, 3.05) is 0 Å². The number of aryl methyl sites for hydroxylation is 1. The minimum Gasteiger partial charge on any atom is -0.481 e. The van der Waals surface area contributed by atoms with E-state index in [1.807, 2.05) is 30.3 Å². The van der Waals surface area contributed by atoms with Gasteiger partial charge < -0.3 is 10.1 Å². The average Bonchev–Trinajstić information content (AvgIpc) is 2.85. The molecule has 0 amide bonds. The molecule has 0 atom stereocenters. The predicted molar refractivity (Wildman–Crippen MR) is 92.2 cm³/mol. The zero-order valence-electron chi connectivity index (χ0n) is 12.2. The summed E-state index contributed by atoms with van der Waals surface area (Å²) in [7, 11) is 0. The number of hydrogen-bond acceptors (Lipinski definition) is 1. The van der Waals surface area contributed by atoms with Crippen LogP contribution in [0, 0.1) is 0 Å². The van der Waals surface area contributed by atoms with E-state index in [9.17, 15) is 9.90 Å². The van der Waals surface area contributed by atoms with Crippen LogP contribution in [0.25, 0.3) is 22.2 Å². The smallest absolute Gasteiger partial charge is 0.307 e.